The summed E-state index contributed by atoms with van der Waals surface area (Å²) in [5, 5.41) is 25.1. The van der Waals surface area contributed by atoms with Crippen molar-refractivity contribution in [2.24, 2.45) is 5.41 Å². The first-order valence-electron chi connectivity index (χ1n) is 6.25. The number of aliphatic carboxylic acids is 1. The summed E-state index contributed by atoms with van der Waals surface area (Å²) in [6.07, 6.45) is 0. The third-order valence-corrected chi connectivity index (χ3v) is 3.02. The molecule has 0 spiro atoms. The van der Waals surface area contributed by atoms with Gasteiger partial charge in [-0.3, -0.25) is 9.59 Å². The second kappa shape index (κ2) is 5.70. The van der Waals surface area contributed by atoms with Crippen LogP contribution in [0.25, 0.3) is 11.4 Å². The number of carboxylic acid groups (broad SMARTS) is 1. The van der Waals surface area contributed by atoms with E-state index in [-0.39, 0.29) is 12.5 Å². The van der Waals surface area contributed by atoms with E-state index in [0.29, 0.717) is 11.4 Å². The highest BCUT2D eigenvalue weighted by molar-refractivity contribution is 5.94. The summed E-state index contributed by atoms with van der Waals surface area (Å²) in [7, 11) is 0. The van der Waals surface area contributed by atoms with E-state index in [1.807, 2.05) is 0 Å². The lowest BCUT2D eigenvalue weighted by Crippen LogP contribution is -2.38. The van der Waals surface area contributed by atoms with Crippen LogP contribution in [-0.2, 0) is 4.79 Å². The van der Waals surface area contributed by atoms with Crippen molar-refractivity contribution >= 4 is 11.9 Å². The molecule has 2 rings (SSSR count). The van der Waals surface area contributed by atoms with Gasteiger partial charge in [-0.2, -0.15) is 5.21 Å². The summed E-state index contributed by atoms with van der Waals surface area (Å²) in [5.41, 5.74) is 0.148. The highest BCUT2D eigenvalue weighted by Crippen LogP contribution is 2.15. The molecule has 0 aliphatic heterocycles. The molecule has 1 amide bonds. The monoisotopic (exact) mass is 289 g/mol. The fourth-order valence-electron chi connectivity index (χ4n) is 1.53. The number of tetrazole rings is 1. The molecule has 0 fully saturated rings. The number of amides is 1. The number of carboxylic acids is 1. The fourth-order valence-corrected chi connectivity index (χ4v) is 1.53. The van der Waals surface area contributed by atoms with Gasteiger partial charge in [0.1, 0.15) is 0 Å². The summed E-state index contributed by atoms with van der Waals surface area (Å²) in [6, 6.07) is 6.63. The molecule has 0 radical (unpaired) electrons. The number of carbonyl (C=O) groups excluding carboxylic acids is 1. The Labute approximate surface area is 120 Å². The Balaban J connectivity index is 2.02. The molecule has 0 unspecified atom stereocenters. The minimum Gasteiger partial charge on any atom is -0.481 e. The molecular weight excluding hydrogens is 274 g/mol. The molecule has 1 aromatic carbocycles. The zero-order valence-electron chi connectivity index (χ0n) is 11.6. The molecule has 0 saturated heterocycles. The van der Waals surface area contributed by atoms with Gasteiger partial charge in [-0.05, 0) is 31.2 Å². The molecular formula is C13H15N5O3. The molecule has 0 aliphatic rings. The average Bonchev–Trinajstić information content (AvgIpc) is 2.99. The minimum atomic E-state index is -1.01. The number of hydrogen-bond donors (Lipinski definition) is 3. The van der Waals surface area contributed by atoms with Crippen LogP contribution in [-0.4, -0.2) is 44.2 Å². The van der Waals surface area contributed by atoms with Crippen LogP contribution >= 0.6 is 0 Å². The van der Waals surface area contributed by atoms with Crippen molar-refractivity contribution < 1.29 is 14.7 Å². The molecule has 1 aromatic heterocycles. The second-order valence-corrected chi connectivity index (χ2v) is 5.18. The predicted molar refractivity (Wildman–Crippen MR) is 73.4 cm³/mol. The maximum atomic E-state index is 12.0. The molecule has 8 nitrogen and oxygen atoms in total. The van der Waals surface area contributed by atoms with E-state index >= 15 is 0 Å². The molecule has 0 atom stereocenters. The van der Waals surface area contributed by atoms with Crippen LogP contribution < -0.4 is 5.32 Å². The molecule has 0 saturated carbocycles. The molecule has 1 heterocycles. The maximum Gasteiger partial charge on any atom is 0.310 e. The van der Waals surface area contributed by atoms with Gasteiger partial charge < -0.3 is 10.4 Å². The van der Waals surface area contributed by atoms with Crippen molar-refractivity contribution in [2.75, 3.05) is 6.54 Å². The van der Waals surface area contributed by atoms with Gasteiger partial charge in [-0.15, -0.1) is 10.2 Å². The highest BCUT2D eigenvalue weighted by atomic mass is 16.4. The van der Waals surface area contributed by atoms with Crippen LogP contribution in [0.4, 0.5) is 0 Å². The molecule has 21 heavy (non-hydrogen) atoms. The first-order chi connectivity index (χ1) is 9.90. The first-order valence-corrected chi connectivity index (χ1v) is 6.25. The first kappa shape index (κ1) is 14.6. The second-order valence-electron chi connectivity index (χ2n) is 5.18. The Kier molecular flexibility index (Phi) is 3.97. The minimum absolute atomic E-state index is 0.0494. The van der Waals surface area contributed by atoms with Crippen molar-refractivity contribution in [3.8, 4) is 11.4 Å². The zero-order chi connectivity index (χ0) is 15.5. The van der Waals surface area contributed by atoms with Crippen molar-refractivity contribution in [1.82, 2.24) is 25.9 Å². The van der Waals surface area contributed by atoms with Crippen LogP contribution in [0.1, 0.15) is 24.2 Å². The van der Waals surface area contributed by atoms with Gasteiger partial charge in [0.05, 0.1) is 5.41 Å². The SMILES string of the molecule is CC(C)(CNC(=O)c1ccc(-c2nn[nH]n2)cc1)C(=O)O. The smallest absolute Gasteiger partial charge is 0.310 e. The number of nitrogens with one attached hydrogen (secondary N) is 2. The Bertz CT molecular complexity index is 634. The summed E-state index contributed by atoms with van der Waals surface area (Å²) in [6.45, 7) is 3.15. The van der Waals surface area contributed by atoms with E-state index in [4.69, 9.17) is 5.11 Å². The topological polar surface area (TPSA) is 121 Å². The Hall–Kier alpha value is -2.77. The number of aromatic nitrogens is 4. The largest absolute Gasteiger partial charge is 0.481 e. The van der Waals surface area contributed by atoms with Crippen molar-refractivity contribution in [2.45, 2.75) is 13.8 Å². The summed E-state index contributed by atoms with van der Waals surface area (Å²) in [4.78, 5) is 22.9. The lowest BCUT2D eigenvalue weighted by Gasteiger charge is -2.19. The van der Waals surface area contributed by atoms with Gasteiger partial charge in [-0.1, -0.05) is 12.1 Å². The summed E-state index contributed by atoms with van der Waals surface area (Å²) >= 11 is 0. The lowest BCUT2D eigenvalue weighted by molar-refractivity contribution is -0.146. The van der Waals surface area contributed by atoms with Crippen molar-refractivity contribution in [3.63, 3.8) is 0 Å². The molecule has 3 N–H and O–H groups in total. The third kappa shape index (κ3) is 3.41. The van der Waals surface area contributed by atoms with Gasteiger partial charge in [0.25, 0.3) is 5.91 Å². The number of hydrogen-bond acceptors (Lipinski definition) is 5. The zero-order valence-corrected chi connectivity index (χ0v) is 11.6. The number of benzene rings is 1. The van der Waals surface area contributed by atoms with E-state index < -0.39 is 11.4 Å². The van der Waals surface area contributed by atoms with Gasteiger partial charge in [0.15, 0.2) is 0 Å². The van der Waals surface area contributed by atoms with E-state index in [1.54, 1.807) is 38.1 Å². The highest BCUT2D eigenvalue weighted by Gasteiger charge is 2.27. The van der Waals surface area contributed by atoms with Gasteiger partial charge in [0, 0.05) is 17.7 Å². The maximum absolute atomic E-state index is 12.0. The van der Waals surface area contributed by atoms with Gasteiger partial charge in [0.2, 0.25) is 5.82 Å². The normalized spacial score (nSPS) is 11.1. The van der Waals surface area contributed by atoms with Crippen LogP contribution in [0.2, 0.25) is 0 Å². The van der Waals surface area contributed by atoms with Crippen LogP contribution in [0.15, 0.2) is 24.3 Å². The number of H-pyrrole nitrogens is 1. The van der Waals surface area contributed by atoms with E-state index in [2.05, 4.69) is 25.9 Å². The number of nitrogens with zero attached hydrogens (tertiary/aromatic N) is 3. The Morgan fingerprint density at radius 1 is 1.29 bits per heavy atom. The van der Waals surface area contributed by atoms with Crippen molar-refractivity contribution in [3.05, 3.63) is 29.8 Å². The van der Waals surface area contributed by atoms with Gasteiger partial charge in [-0.25, -0.2) is 0 Å². The quantitative estimate of drug-likeness (QED) is 0.745. The summed E-state index contributed by atoms with van der Waals surface area (Å²) < 4.78 is 0. The Morgan fingerprint density at radius 2 is 1.95 bits per heavy atom. The predicted octanol–water partition coefficient (Wildman–Crippen LogP) is 0.707. The number of aromatic amines is 1. The van der Waals surface area contributed by atoms with E-state index in [1.165, 1.54) is 0 Å². The van der Waals surface area contributed by atoms with Crippen LogP contribution in [0, 0.1) is 5.41 Å². The van der Waals surface area contributed by atoms with Crippen LogP contribution in [0.3, 0.4) is 0 Å². The number of rotatable bonds is 5. The van der Waals surface area contributed by atoms with Gasteiger partial charge >= 0.3 is 5.97 Å². The van der Waals surface area contributed by atoms with E-state index in [0.717, 1.165) is 5.56 Å². The van der Waals surface area contributed by atoms with Crippen LogP contribution in [0.5, 0.6) is 0 Å². The Morgan fingerprint density at radius 3 is 2.48 bits per heavy atom. The molecule has 0 aliphatic carbocycles. The fraction of sp³-hybridized carbons (Fsp3) is 0.308. The molecule has 2 aromatic rings. The molecule has 8 heteroatoms. The van der Waals surface area contributed by atoms with Crippen molar-refractivity contribution in [1.29, 1.82) is 0 Å². The molecule has 0 bridgehead atoms. The molecule has 110 valence electrons. The third-order valence-electron chi connectivity index (χ3n) is 3.02. The standard InChI is InChI=1S/C13H15N5O3/c1-13(2,12(20)21)7-14-11(19)9-5-3-8(4-6-9)10-15-17-18-16-10/h3-6H,7H2,1-2H3,(H,14,19)(H,20,21)(H,15,16,17,18). The van der Waals surface area contributed by atoms with E-state index in [9.17, 15) is 9.59 Å². The lowest BCUT2D eigenvalue weighted by atomic mass is 9.94. The average molecular weight is 289 g/mol. The number of carbonyl (C=O) groups is 2. The summed E-state index contributed by atoms with van der Waals surface area (Å²) in [5.74, 6) is -0.854.